The molecule has 1 fully saturated rings. The van der Waals surface area contributed by atoms with Crippen LogP contribution in [-0.4, -0.2) is 41.3 Å². The predicted molar refractivity (Wildman–Crippen MR) is 39.1 cm³/mol. The zero-order chi connectivity index (χ0) is 8.27. The Morgan fingerprint density at radius 3 is 2.82 bits per heavy atom. The summed E-state index contributed by atoms with van der Waals surface area (Å²) in [5.74, 6) is -0.0101. The molecule has 0 saturated carbocycles. The third-order valence-corrected chi connectivity index (χ3v) is 1.85. The Bertz CT molecular complexity index is 149. The molecule has 0 aromatic carbocycles. The first kappa shape index (κ1) is 8.64. The Hall–Kier alpha value is -0.450. The molecule has 0 aliphatic carbocycles. The van der Waals surface area contributed by atoms with E-state index in [2.05, 4.69) is 5.32 Å². The lowest BCUT2D eigenvalue weighted by molar-refractivity contribution is -0.121. The van der Waals surface area contributed by atoms with Gasteiger partial charge in [0.2, 0.25) is 0 Å². The SMILES string of the molecule is O=C(CCO)[C@@H]1C[C@@H](O)CN1. The zero-order valence-corrected chi connectivity index (χ0v) is 6.29. The maximum Gasteiger partial charge on any atom is 0.152 e. The van der Waals surface area contributed by atoms with Crippen molar-refractivity contribution in [3.05, 3.63) is 0 Å². The lowest BCUT2D eigenvalue weighted by atomic mass is 10.1. The van der Waals surface area contributed by atoms with Gasteiger partial charge in [-0.3, -0.25) is 4.79 Å². The van der Waals surface area contributed by atoms with Crippen LogP contribution in [0.4, 0.5) is 0 Å². The number of β-amino-alcohol motifs (C(OH)–C–C–N with tert-alkyl or cyclic N) is 1. The number of carbonyl (C=O) groups is 1. The van der Waals surface area contributed by atoms with Gasteiger partial charge >= 0.3 is 0 Å². The molecule has 1 aliphatic heterocycles. The van der Waals surface area contributed by atoms with Gasteiger partial charge in [0.25, 0.3) is 0 Å². The number of hydrogen-bond donors (Lipinski definition) is 3. The van der Waals surface area contributed by atoms with E-state index in [0.29, 0.717) is 13.0 Å². The molecule has 0 radical (unpaired) electrons. The van der Waals surface area contributed by atoms with Gasteiger partial charge in [0, 0.05) is 13.0 Å². The fraction of sp³-hybridized carbons (Fsp3) is 0.857. The first-order valence-corrected chi connectivity index (χ1v) is 3.79. The van der Waals surface area contributed by atoms with Crippen molar-refractivity contribution >= 4 is 5.78 Å². The topological polar surface area (TPSA) is 69.6 Å². The highest BCUT2D eigenvalue weighted by molar-refractivity contribution is 5.84. The van der Waals surface area contributed by atoms with E-state index < -0.39 is 6.10 Å². The average Bonchev–Trinajstić information content (AvgIpc) is 2.36. The quantitative estimate of drug-likeness (QED) is 0.477. The molecule has 1 rings (SSSR count). The van der Waals surface area contributed by atoms with Gasteiger partial charge in [0.15, 0.2) is 5.78 Å². The van der Waals surface area contributed by atoms with Crippen molar-refractivity contribution in [1.29, 1.82) is 0 Å². The molecule has 3 N–H and O–H groups in total. The molecule has 0 amide bonds. The molecule has 0 bridgehead atoms. The number of aliphatic hydroxyl groups is 2. The lowest BCUT2D eigenvalue weighted by Crippen LogP contribution is -2.31. The molecular weight excluding hydrogens is 146 g/mol. The minimum atomic E-state index is -0.400. The molecule has 4 heteroatoms. The van der Waals surface area contributed by atoms with E-state index >= 15 is 0 Å². The summed E-state index contributed by atoms with van der Waals surface area (Å²) in [6, 6.07) is -0.239. The highest BCUT2D eigenvalue weighted by atomic mass is 16.3. The smallest absolute Gasteiger partial charge is 0.152 e. The van der Waals surface area contributed by atoms with E-state index in [1.54, 1.807) is 0 Å². The summed E-state index contributed by atoms with van der Waals surface area (Å²) in [4.78, 5) is 11.1. The van der Waals surface area contributed by atoms with Crippen LogP contribution in [0, 0.1) is 0 Å². The first-order chi connectivity index (χ1) is 5.24. The van der Waals surface area contributed by atoms with Gasteiger partial charge in [-0.1, -0.05) is 0 Å². The number of aliphatic hydroxyl groups excluding tert-OH is 2. The second-order valence-corrected chi connectivity index (χ2v) is 2.79. The van der Waals surface area contributed by atoms with Gasteiger partial charge in [-0.15, -0.1) is 0 Å². The lowest BCUT2D eigenvalue weighted by Gasteiger charge is -2.06. The van der Waals surface area contributed by atoms with Crippen LogP contribution in [-0.2, 0) is 4.79 Å². The molecule has 11 heavy (non-hydrogen) atoms. The van der Waals surface area contributed by atoms with Crippen molar-refractivity contribution in [2.75, 3.05) is 13.2 Å². The maximum absolute atomic E-state index is 11.1. The molecule has 1 heterocycles. The summed E-state index contributed by atoms with van der Waals surface area (Å²) < 4.78 is 0. The van der Waals surface area contributed by atoms with Crippen molar-refractivity contribution < 1.29 is 15.0 Å². The van der Waals surface area contributed by atoms with Crippen LogP contribution >= 0.6 is 0 Å². The second kappa shape index (κ2) is 3.80. The normalized spacial score (nSPS) is 30.7. The summed E-state index contributed by atoms with van der Waals surface area (Å²) in [5, 5.41) is 20.4. The van der Waals surface area contributed by atoms with E-state index in [1.165, 1.54) is 0 Å². The number of nitrogens with one attached hydrogen (secondary N) is 1. The monoisotopic (exact) mass is 159 g/mol. The maximum atomic E-state index is 11.1. The third kappa shape index (κ3) is 2.25. The van der Waals surface area contributed by atoms with Crippen molar-refractivity contribution in [2.45, 2.75) is 25.0 Å². The van der Waals surface area contributed by atoms with Crippen LogP contribution in [0.3, 0.4) is 0 Å². The number of Topliss-reactive ketones (excluding diaryl/α,β-unsaturated/α-hetero) is 1. The summed E-state index contributed by atoms with van der Waals surface area (Å²) in [6.45, 7) is 0.384. The zero-order valence-electron chi connectivity index (χ0n) is 6.29. The Kier molecular flexibility index (Phi) is 2.99. The minimum absolute atomic E-state index is 0.0101. The highest BCUT2D eigenvalue weighted by Crippen LogP contribution is 2.08. The molecule has 0 aromatic rings. The van der Waals surface area contributed by atoms with E-state index in [9.17, 15) is 4.79 Å². The fourth-order valence-electron chi connectivity index (χ4n) is 1.25. The molecule has 64 valence electrons. The number of ketones is 1. The summed E-state index contributed by atoms with van der Waals surface area (Å²) in [5.41, 5.74) is 0. The summed E-state index contributed by atoms with van der Waals surface area (Å²) >= 11 is 0. The van der Waals surface area contributed by atoms with Crippen molar-refractivity contribution in [1.82, 2.24) is 5.32 Å². The molecule has 0 unspecified atom stereocenters. The van der Waals surface area contributed by atoms with Gasteiger partial charge in [-0.2, -0.15) is 0 Å². The Balaban J connectivity index is 2.31. The molecule has 0 aromatic heterocycles. The van der Waals surface area contributed by atoms with Crippen LogP contribution in [0.25, 0.3) is 0 Å². The molecule has 1 aliphatic rings. The largest absolute Gasteiger partial charge is 0.396 e. The highest BCUT2D eigenvalue weighted by Gasteiger charge is 2.26. The van der Waals surface area contributed by atoms with Crippen molar-refractivity contribution in [2.24, 2.45) is 0 Å². The Morgan fingerprint density at radius 1 is 1.64 bits per heavy atom. The van der Waals surface area contributed by atoms with Gasteiger partial charge in [-0.05, 0) is 6.42 Å². The van der Waals surface area contributed by atoms with Crippen LogP contribution in [0.1, 0.15) is 12.8 Å². The average molecular weight is 159 g/mol. The second-order valence-electron chi connectivity index (χ2n) is 2.79. The summed E-state index contributed by atoms with van der Waals surface area (Å²) in [7, 11) is 0. The van der Waals surface area contributed by atoms with E-state index in [-0.39, 0.29) is 24.9 Å². The predicted octanol–water partition coefficient (Wildman–Crippen LogP) is -1.34. The number of hydrogen-bond acceptors (Lipinski definition) is 4. The molecule has 0 spiro atoms. The van der Waals surface area contributed by atoms with Gasteiger partial charge in [0.05, 0.1) is 18.8 Å². The van der Waals surface area contributed by atoms with Crippen molar-refractivity contribution in [3.8, 4) is 0 Å². The standard InChI is InChI=1S/C7H13NO3/c9-2-1-7(11)6-3-5(10)4-8-6/h5-6,8-10H,1-4H2/t5-,6+/m1/s1. The van der Waals surface area contributed by atoms with E-state index in [0.717, 1.165) is 0 Å². The number of rotatable bonds is 3. The minimum Gasteiger partial charge on any atom is -0.396 e. The Morgan fingerprint density at radius 2 is 2.36 bits per heavy atom. The Labute approximate surface area is 65.2 Å². The van der Waals surface area contributed by atoms with Gasteiger partial charge in [0.1, 0.15) is 0 Å². The molecule has 2 atom stereocenters. The number of carbonyl (C=O) groups excluding carboxylic acids is 1. The summed E-state index contributed by atoms with van der Waals surface area (Å²) in [6.07, 6.45) is 0.270. The van der Waals surface area contributed by atoms with E-state index in [1.807, 2.05) is 0 Å². The van der Waals surface area contributed by atoms with Gasteiger partial charge in [-0.25, -0.2) is 0 Å². The fourth-order valence-corrected chi connectivity index (χ4v) is 1.25. The third-order valence-electron chi connectivity index (χ3n) is 1.85. The van der Waals surface area contributed by atoms with Crippen molar-refractivity contribution in [3.63, 3.8) is 0 Å². The van der Waals surface area contributed by atoms with Crippen LogP contribution in [0.5, 0.6) is 0 Å². The molecule has 4 nitrogen and oxygen atoms in total. The van der Waals surface area contributed by atoms with Crippen LogP contribution in [0.15, 0.2) is 0 Å². The van der Waals surface area contributed by atoms with Crippen LogP contribution in [0.2, 0.25) is 0 Å². The van der Waals surface area contributed by atoms with E-state index in [4.69, 9.17) is 10.2 Å². The molecule has 1 saturated heterocycles. The first-order valence-electron chi connectivity index (χ1n) is 3.79. The van der Waals surface area contributed by atoms with Crippen LogP contribution < -0.4 is 5.32 Å². The van der Waals surface area contributed by atoms with Gasteiger partial charge < -0.3 is 15.5 Å². The molecular formula is C7H13NO3.